The zero-order valence-electron chi connectivity index (χ0n) is 18.2. The number of aliphatic hydroxyl groups excluding tert-OH is 4. The first-order valence-electron chi connectivity index (χ1n) is 10.3. The van der Waals surface area contributed by atoms with Gasteiger partial charge in [-0.2, -0.15) is 0 Å². The zero-order chi connectivity index (χ0) is 24.9. The van der Waals surface area contributed by atoms with E-state index in [4.69, 9.17) is 13.9 Å². The Bertz CT molecular complexity index is 1280. The maximum atomic E-state index is 12.9. The van der Waals surface area contributed by atoms with Crippen molar-refractivity contribution in [1.29, 1.82) is 0 Å². The average molecular weight is 476 g/mol. The Kier molecular flexibility index (Phi) is 6.14. The Balaban J connectivity index is 1.86. The highest BCUT2D eigenvalue weighted by Gasteiger charge is 2.45. The molecule has 0 radical (unpaired) electrons. The van der Waals surface area contributed by atoms with Gasteiger partial charge in [0.15, 0.2) is 5.76 Å². The molecule has 0 bridgehead atoms. The van der Waals surface area contributed by atoms with Crippen LogP contribution in [0.4, 0.5) is 0 Å². The van der Waals surface area contributed by atoms with E-state index in [2.05, 4.69) is 0 Å². The van der Waals surface area contributed by atoms with Crippen LogP contribution in [0.2, 0.25) is 0 Å². The Morgan fingerprint density at radius 1 is 0.912 bits per heavy atom. The minimum Gasteiger partial charge on any atom is -0.508 e. The van der Waals surface area contributed by atoms with Crippen molar-refractivity contribution in [2.45, 2.75) is 44.6 Å². The molecule has 5 atom stereocenters. The molecule has 1 fully saturated rings. The Hall–Kier alpha value is -3.35. The van der Waals surface area contributed by atoms with Crippen LogP contribution in [0.25, 0.3) is 22.3 Å². The van der Waals surface area contributed by atoms with Crippen LogP contribution in [0.15, 0.2) is 33.5 Å². The Morgan fingerprint density at radius 2 is 1.56 bits per heavy atom. The lowest BCUT2D eigenvalue weighted by Crippen LogP contribution is -2.60. The van der Waals surface area contributed by atoms with Crippen molar-refractivity contribution < 1.29 is 49.6 Å². The number of aliphatic hydroxyl groups is 4. The Morgan fingerprint density at radius 3 is 2.18 bits per heavy atom. The van der Waals surface area contributed by atoms with Gasteiger partial charge in [0.2, 0.25) is 17.5 Å². The number of fused-ring (bicyclic) bond motifs is 1. The second kappa shape index (κ2) is 8.78. The van der Waals surface area contributed by atoms with Crippen LogP contribution in [-0.2, 0) is 4.74 Å². The molecular formula is C23H24O11. The van der Waals surface area contributed by atoms with Crippen LogP contribution < -0.4 is 10.2 Å². The quantitative estimate of drug-likeness (QED) is 0.275. The van der Waals surface area contributed by atoms with Gasteiger partial charge in [0.05, 0.1) is 6.61 Å². The van der Waals surface area contributed by atoms with Crippen molar-refractivity contribution >= 4 is 11.0 Å². The van der Waals surface area contributed by atoms with E-state index in [1.165, 1.54) is 38.1 Å². The van der Waals surface area contributed by atoms with Crippen molar-refractivity contribution in [3.63, 3.8) is 0 Å². The lowest BCUT2D eigenvalue weighted by atomic mass is 9.99. The predicted octanol–water partition coefficient (Wildman–Crippen LogP) is 0.372. The molecule has 0 aliphatic carbocycles. The van der Waals surface area contributed by atoms with Crippen molar-refractivity contribution in [3.05, 3.63) is 45.6 Å². The molecular weight excluding hydrogens is 452 g/mol. The number of aryl methyl sites for hydroxylation is 1. The molecule has 4 rings (SSSR count). The van der Waals surface area contributed by atoms with E-state index in [0.717, 1.165) is 0 Å². The van der Waals surface area contributed by atoms with Gasteiger partial charge in [-0.25, -0.2) is 0 Å². The summed E-state index contributed by atoms with van der Waals surface area (Å²) in [6.45, 7) is 2.27. The summed E-state index contributed by atoms with van der Waals surface area (Å²) in [5, 5.41) is 70.1. The minimum atomic E-state index is -1.70. The van der Waals surface area contributed by atoms with Gasteiger partial charge in [0.25, 0.3) is 0 Å². The second-order valence-corrected chi connectivity index (χ2v) is 8.10. The topological polar surface area (TPSA) is 190 Å². The van der Waals surface area contributed by atoms with Gasteiger partial charge in [0, 0.05) is 16.7 Å². The SMILES string of the molecule is Cc1c(OC2OC(CO)C(O)C(O)C2O)c(C)c2oc(-c3ccc(O)cc3)c(O)c(=O)c2c1O. The first kappa shape index (κ1) is 23.8. The highest BCUT2D eigenvalue weighted by atomic mass is 16.7. The van der Waals surface area contributed by atoms with Crippen molar-refractivity contribution in [2.75, 3.05) is 6.61 Å². The fourth-order valence-electron chi connectivity index (χ4n) is 3.95. The van der Waals surface area contributed by atoms with E-state index in [1.807, 2.05) is 0 Å². The van der Waals surface area contributed by atoms with Gasteiger partial charge in [-0.3, -0.25) is 4.79 Å². The van der Waals surface area contributed by atoms with Gasteiger partial charge < -0.3 is 49.6 Å². The van der Waals surface area contributed by atoms with Crippen LogP contribution >= 0.6 is 0 Å². The average Bonchev–Trinajstić information content (AvgIpc) is 2.82. The number of ether oxygens (including phenoxy) is 2. The fraction of sp³-hybridized carbons (Fsp3) is 0.348. The van der Waals surface area contributed by atoms with E-state index in [0.29, 0.717) is 0 Å². The van der Waals surface area contributed by atoms with E-state index in [-0.39, 0.29) is 44.9 Å². The van der Waals surface area contributed by atoms with E-state index >= 15 is 0 Å². The van der Waals surface area contributed by atoms with Crippen molar-refractivity contribution in [2.24, 2.45) is 0 Å². The van der Waals surface area contributed by atoms with E-state index in [9.17, 15) is 40.5 Å². The highest BCUT2D eigenvalue weighted by Crippen LogP contribution is 2.42. The highest BCUT2D eigenvalue weighted by molar-refractivity contribution is 5.92. The monoisotopic (exact) mass is 476 g/mol. The first-order chi connectivity index (χ1) is 16.1. The van der Waals surface area contributed by atoms with Gasteiger partial charge in [-0.1, -0.05) is 0 Å². The summed E-state index contributed by atoms with van der Waals surface area (Å²) < 4.78 is 16.9. The second-order valence-electron chi connectivity index (χ2n) is 8.10. The molecule has 0 saturated carbocycles. The molecule has 11 heteroatoms. The van der Waals surface area contributed by atoms with Crippen LogP contribution in [-0.4, -0.2) is 73.1 Å². The molecule has 2 heterocycles. The molecule has 1 aliphatic heterocycles. The number of aromatic hydroxyl groups is 3. The van der Waals surface area contributed by atoms with Crippen LogP contribution in [0, 0.1) is 13.8 Å². The summed E-state index contributed by atoms with van der Waals surface area (Å²) in [4.78, 5) is 12.9. The lowest BCUT2D eigenvalue weighted by Gasteiger charge is -2.39. The van der Waals surface area contributed by atoms with Crippen molar-refractivity contribution in [3.8, 4) is 34.3 Å². The summed E-state index contributed by atoms with van der Waals surface area (Å²) >= 11 is 0. The lowest BCUT2D eigenvalue weighted by molar-refractivity contribution is -0.277. The van der Waals surface area contributed by atoms with Gasteiger partial charge in [-0.05, 0) is 38.1 Å². The molecule has 0 amide bonds. The summed E-state index contributed by atoms with van der Waals surface area (Å²) in [6.07, 6.45) is -7.71. The number of hydrogen-bond acceptors (Lipinski definition) is 11. The zero-order valence-corrected chi connectivity index (χ0v) is 18.2. The Labute approximate surface area is 192 Å². The molecule has 2 aromatic carbocycles. The number of phenolic OH excluding ortho intramolecular Hbond substituents is 2. The molecule has 1 aliphatic rings. The summed E-state index contributed by atoms with van der Waals surface area (Å²) in [5.41, 5.74) is -0.462. The molecule has 182 valence electrons. The minimum absolute atomic E-state index is 0.0361. The fourth-order valence-corrected chi connectivity index (χ4v) is 3.95. The smallest absolute Gasteiger partial charge is 0.238 e. The molecule has 7 N–H and O–H groups in total. The third-order valence-corrected chi connectivity index (χ3v) is 5.91. The van der Waals surface area contributed by atoms with E-state index < -0.39 is 54.2 Å². The van der Waals surface area contributed by atoms with Gasteiger partial charge >= 0.3 is 0 Å². The third-order valence-electron chi connectivity index (χ3n) is 5.91. The summed E-state index contributed by atoms with van der Waals surface area (Å²) in [7, 11) is 0. The number of rotatable bonds is 4. The predicted molar refractivity (Wildman–Crippen MR) is 117 cm³/mol. The number of phenols is 2. The van der Waals surface area contributed by atoms with Crippen LogP contribution in [0.3, 0.4) is 0 Å². The number of benzene rings is 2. The molecule has 34 heavy (non-hydrogen) atoms. The largest absolute Gasteiger partial charge is 0.508 e. The van der Waals surface area contributed by atoms with Crippen LogP contribution in [0.1, 0.15) is 11.1 Å². The molecule has 1 aromatic heterocycles. The van der Waals surface area contributed by atoms with E-state index in [1.54, 1.807) is 0 Å². The molecule has 5 unspecified atom stereocenters. The molecule has 3 aromatic rings. The number of hydrogen-bond donors (Lipinski definition) is 7. The molecule has 0 spiro atoms. The van der Waals surface area contributed by atoms with Crippen LogP contribution in [0.5, 0.6) is 23.0 Å². The normalized spacial score (nSPS) is 24.9. The summed E-state index contributed by atoms with van der Waals surface area (Å²) in [6, 6.07) is 5.53. The van der Waals surface area contributed by atoms with Gasteiger partial charge in [0.1, 0.15) is 52.6 Å². The standard InChI is InChI=1S/C23H24O11/c1-8-14(26)13-16(28)18(30)22(10-3-5-11(25)6-4-10)33-21(13)9(2)20(8)34-23-19(31)17(29)15(27)12(7-24)32-23/h3-6,12,15,17,19,23-27,29-31H,7H2,1-2H3. The van der Waals surface area contributed by atoms with Gasteiger partial charge in [-0.15, -0.1) is 0 Å². The molecule has 11 nitrogen and oxygen atoms in total. The third kappa shape index (κ3) is 3.73. The maximum absolute atomic E-state index is 12.9. The van der Waals surface area contributed by atoms with Crippen molar-refractivity contribution in [1.82, 2.24) is 0 Å². The summed E-state index contributed by atoms with van der Waals surface area (Å²) in [5.74, 6) is -1.56. The maximum Gasteiger partial charge on any atom is 0.238 e. The first-order valence-corrected chi connectivity index (χ1v) is 10.3. The molecule has 1 saturated heterocycles.